The number of methoxy groups -OCH3 is 1. The first-order chi connectivity index (χ1) is 10.1. The van der Waals surface area contributed by atoms with Crippen molar-refractivity contribution in [3.8, 4) is 0 Å². The third kappa shape index (κ3) is 4.73. The normalized spacial score (nSPS) is 15.4. The minimum absolute atomic E-state index is 0.559. The van der Waals surface area contributed by atoms with Gasteiger partial charge in [0.1, 0.15) is 5.60 Å². The van der Waals surface area contributed by atoms with Gasteiger partial charge in [0, 0.05) is 0 Å². The average Bonchev–Trinajstić information content (AvgIpc) is 2.42. The van der Waals surface area contributed by atoms with Crippen molar-refractivity contribution in [2.75, 3.05) is 7.11 Å². The number of alkyl carbamates (subject to hydrolysis) is 1. The molecule has 0 unspecified atom stereocenters. The van der Waals surface area contributed by atoms with E-state index in [0.717, 1.165) is 0 Å². The lowest BCUT2D eigenvalue weighted by Gasteiger charge is -2.32. The third-order valence-electron chi connectivity index (χ3n) is 2.95. The fourth-order valence-corrected chi connectivity index (χ4v) is 1.94. The molecule has 6 heteroatoms. The first kappa shape index (κ1) is 18.0. The first-order valence-corrected chi connectivity index (χ1v) is 6.93. The molecule has 0 fully saturated rings. The Morgan fingerprint density at radius 2 is 1.68 bits per heavy atom. The number of rotatable bonds is 4. The summed E-state index contributed by atoms with van der Waals surface area (Å²) in [5.41, 5.74) is -2.07. The van der Waals surface area contributed by atoms with Crippen LogP contribution in [0.3, 0.4) is 0 Å². The molecule has 0 aliphatic heterocycles. The lowest BCUT2D eigenvalue weighted by atomic mass is 9.90. The molecule has 1 rings (SSSR count). The fourth-order valence-electron chi connectivity index (χ4n) is 1.94. The molecule has 0 heterocycles. The summed E-state index contributed by atoms with van der Waals surface area (Å²) in [5.74, 6) is -0.850. The summed E-state index contributed by atoms with van der Waals surface area (Å²) in [7, 11) is 1.17. The number of nitrogens with one attached hydrogen (secondary N) is 1. The van der Waals surface area contributed by atoms with E-state index in [4.69, 9.17) is 4.74 Å². The maximum atomic E-state index is 12.0. The van der Waals surface area contributed by atoms with Crippen LogP contribution in [0.5, 0.6) is 0 Å². The van der Waals surface area contributed by atoms with Gasteiger partial charge >= 0.3 is 12.1 Å². The van der Waals surface area contributed by atoms with E-state index in [1.165, 1.54) is 14.0 Å². The molecule has 2 N–H and O–H groups in total. The van der Waals surface area contributed by atoms with Crippen LogP contribution in [-0.2, 0) is 14.3 Å². The maximum Gasteiger partial charge on any atom is 0.408 e. The zero-order chi connectivity index (χ0) is 17.0. The molecule has 0 radical (unpaired) electrons. The first-order valence-electron chi connectivity index (χ1n) is 6.93. The molecule has 1 aromatic carbocycles. The SMILES string of the molecule is COC(=O)[C@](C)(O)[C@@H](NC(=O)OC(C)(C)C)c1ccccc1. The second-order valence-corrected chi connectivity index (χ2v) is 6.13. The summed E-state index contributed by atoms with van der Waals surface area (Å²) in [5, 5.41) is 13.0. The molecule has 1 aromatic rings. The van der Waals surface area contributed by atoms with E-state index in [1.54, 1.807) is 51.1 Å². The van der Waals surface area contributed by atoms with E-state index < -0.39 is 29.3 Å². The van der Waals surface area contributed by atoms with Gasteiger partial charge in [0.25, 0.3) is 0 Å². The van der Waals surface area contributed by atoms with Gasteiger partial charge in [0.2, 0.25) is 0 Å². The number of amides is 1. The lowest BCUT2D eigenvalue weighted by Crippen LogP contribution is -2.50. The van der Waals surface area contributed by atoms with Gasteiger partial charge in [-0.05, 0) is 33.3 Å². The van der Waals surface area contributed by atoms with Gasteiger partial charge in [-0.3, -0.25) is 0 Å². The van der Waals surface area contributed by atoms with Gasteiger partial charge in [-0.15, -0.1) is 0 Å². The molecule has 0 bridgehead atoms. The molecule has 1 amide bonds. The highest BCUT2D eigenvalue weighted by atomic mass is 16.6. The van der Waals surface area contributed by atoms with Crippen molar-refractivity contribution >= 4 is 12.1 Å². The molecule has 0 saturated carbocycles. The number of carbonyl (C=O) groups excluding carboxylic acids is 2. The molecule has 122 valence electrons. The Hall–Kier alpha value is -2.08. The smallest absolute Gasteiger partial charge is 0.408 e. The monoisotopic (exact) mass is 309 g/mol. The van der Waals surface area contributed by atoms with Crippen LogP contribution in [0.4, 0.5) is 4.79 Å². The zero-order valence-electron chi connectivity index (χ0n) is 13.5. The van der Waals surface area contributed by atoms with Crippen molar-refractivity contribution in [3.05, 3.63) is 35.9 Å². The van der Waals surface area contributed by atoms with Gasteiger partial charge in [-0.25, -0.2) is 9.59 Å². The maximum absolute atomic E-state index is 12.0. The minimum atomic E-state index is -1.94. The van der Waals surface area contributed by atoms with Crippen LogP contribution >= 0.6 is 0 Å². The van der Waals surface area contributed by atoms with Crippen LogP contribution < -0.4 is 5.32 Å². The molecule has 0 saturated heterocycles. The Balaban J connectivity index is 3.08. The highest BCUT2D eigenvalue weighted by Crippen LogP contribution is 2.27. The van der Waals surface area contributed by atoms with Crippen molar-refractivity contribution in [1.29, 1.82) is 0 Å². The Labute approximate surface area is 130 Å². The number of benzene rings is 1. The summed E-state index contributed by atoms with van der Waals surface area (Å²) < 4.78 is 9.80. The number of carbonyl (C=O) groups is 2. The molecule has 0 aliphatic rings. The van der Waals surface area contributed by atoms with Gasteiger partial charge in [0.15, 0.2) is 5.60 Å². The van der Waals surface area contributed by atoms with E-state index in [-0.39, 0.29) is 0 Å². The van der Waals surface area contributed by atoms with Gasteiger partial charge in [0.05, 0.1) is 13.2 Å². The summed E-state index contributed by atoms with van der Waals surface area (Å²) >= 11 is 0. The number of ether oxygens (including phenoxy) is 2. The van der Waals surface area contributed by atoms with Crippen molar-refractivity contribution in [2.24, 2.45) is 0 Å². The fraction of sp³-hybridized carbons (Fsp3) is 0.500. The van der Waals surface area contributed by atoms with Gasteiger partial charge in [-0.1, -0.05) is 30.3 Å². The molecule has 2 atom stereocenters. The van der Waals surface area contributed by atoms with Crippen molar-refractivity contribution in [1.82, 2.24) is 5.32 Å². The zero-order valence-corrected chi connectivity index (χ0v) is 13.5. The van der Waals surface area contributed by atoms with E-state index in [0.29, 0.717) is 5.56 Å². The second-order valence-electron chi connectivity index (χ2n) is 6.13. The van der Waals surface area contributed by atoms with Gasteiger partial charge < -0.3 is 19.9 Å². The predicted molar refractivity (Wildman–Crippen MR) is 81.2 cm³/mol. The molecule has 6 nitrogen and oxygen atoms in total. The largest absolute Gasteiger partial charge is 0.467 e. The standard InChI is InChI=1S/C16H23NO5/c1-15(2,3)22-14(19)17-12(11-9-7-6-8-10-11)16(4,20)13(18)21-5/h6-10,12,20H,1-5H3,(H,17,19)/t12-,16+/m0/s1. The highest BCUT2D eigenvalue weighted by molar-refractivity contribution is 5.81. The van der Waals surface area contributed by atoms with Crippen LogP contribution in [0.25, 0.3) is 0 Å². The van der Waals surface area contributed by atoms with Crippen LogP contribution in [-0.4, -0.2) is 35.5 Å². The van der Waals surface area contributed by atoms with E-state index >= 15 is 0 Å². The Morgan fingerprint density at radius 1 is 1.14 bits per heavy atom. The van der Waals surface area contributed by atoms with Crippen LogP contribution in [0, 0.1) is 0 Å². The molecular weight excluding hydrogens is 286 g/mol. The number of esters is 1. The summed E-state index contributed by atoms with van der Waals surface area (Å²) in [4.78, 5) is 23.9. The van der Waals surface area contributed by atoms with Crippen LogP contribution in [0.15, 0.2) is 30.3 Å². The predicted octanol–water partition coefficient (Wildman–Crippen LogP) is 2.18. The molecule has 0 spiro atoms. The Morgan fingerprint density at radius 3 is 2.14 bits per heavy atom. The number of aliphatic hydroxyl groups is 1. The highest BCUT2D eigenvalue weighted by Gasteiger charge is 2.43. The van der Waals surface area contributed by atoms with Crippen molar-refractivity contribution in [3.63, 3.8) is 0 Å². The number of hydrogen-bond acceptors (Lipinski definition) is 5. The van der Waals surface area contributed by atoms with Gasteiger partial charge in [-0.2, -0.15) is 0 Å². The molecule has 0 aliphatic carbocycles. The van der Waals surface area contributed by atoms with E-state index in [1.807, 2.05) is 0 Å². The van der Waals surface area contributed by atoms with E-state index in [9.17, 15) is 14.7 Å². The third-order valence-corrected chi connectivity index (χ3v) is 2.95. The second kappa shape index (κ2) is 6.79. The van der Waals surface area contributed by atoms with E-state index in [2.05, 4.69) is 10.1 Å². The molecule has 0 aromatic heterocycles. The van der Waals surface area contributed by atoms with Crippen molar-refractivity contribution in [2.45, 2.75) is 44.9 Å². The lowest BCUT2D eigenvalue weighted by molar-refractivity contribution is -0.163. The minimum Gasteiger partial charge on any atom is -0.467 e. The molecular formula is C16H23NO5. The summed E-state index contributed by atoms with van der Waals surface area (Å²) in [6, 6.07) is 7.66. The Kier molecular flexibility index (Phi) is 5.54. The van der Waals surface area contributed by atoms with Crippen LogP contribution in [0.1, 0.15) is 39.3 Å². The quantitative estimate of drug-likeness (QED) is 0.833. The van der Waals surface area contributed by atoms with Crippen LogP contribution in [0.2, 0.25) is 0 Å². The molecule has 22 heavy (non-hydrogen) atoms. The number of hydrogen-bond donors (Lipinski definition) is 2. The summed E-state index contributed by atoms with van der Waals surface area (Å²) in [6.07, 6.45) is -0.731. The summed E-state index contributed by atoms with van der Waals surface area (Å²) in [6.45, 7) is 6.46. The average molecular weight is 309 g/mol. The topological polar surface area (TPSA) is 84.9 Å². The van der Waals surface area contributed by atoms with Crippen molar-refractivity contribution < 1.29 is 24.2 Å². The Bertz CT molecular complexity index is 519.